The van der Waals surface area contributed by atoms with Gasteiger partial charge >= 0.3 is 11.9 Å². The molecule has 9 nitrogen and oxygen atoms in total. The van der Waals surface area contributed by atoms with Crippen molar-refractivity contribution in [1.82, 2.24) is 0 Å². The third-order valence-corrected chi connectivity index (χ3v) is 6.75. The van der Waals surface area contributed by atoms with E-state index in [0.717, 1.165) is 19.1 Å². The van der Waals surface area contributed by atoms with E-state index in [4.69, 9.17) is 13.7 Å². The van der Waals surface area contributed by atoms with Crippen molar-refractivity contribution in [3.63, 3.8) is 0 Å². The van der Waals surface area contributed by atoms with Gasteiger partial charge in [-0.1, -0.05) is 36.4 Å². The van der Waals surface area contributed by atoms with E-state index in [1.807, 2.05) is 18.2 Å². The molecule has 3 rings (SSSR count). The number of hydrogen-bond donors (Lipinski definition) is 1. The normalized spacial score (nSPS) is 17.8. The highest BCUT2D eigenvalue weighted by Gasteiger charge is 2.24. The number of ether oxygens (including phenoxy) is 2. The number of thioether (sulfide) groups is 1. The lowest BCUT2D eigenvalue weighted by Crippen LogP contribution is -2.25. The van der Waals surface area contributed by atoms with Gasteiger partial charge in [-0.05, 0) is 43.5 Å². The summed E-state index contributed by atoms with van der Waals surface area (Å²) in [7, 11) is -3.67. The number of benzene rings is 2. The Bertz CT molecular complexity index is 1060. The van der Waals surface area contributed by atoms with Crippen LogP contribution in [0.25, 0.3) is 0 Å². The molecular formula is C25H30O9S2. The lowest BCUT2D eigenvalue weighted by Gasteiger charge is -2.15. The van der Waals surface area contributed by atoms with Crippen molar-refractivity contribution in [2.75, 3.05) is 19.5 Å². The van der Waals surface area contributed by atoms with Crippen LogP contribution >= 0.6 is 11.8 Å². The van der Waals surface area contributed by atoms with Crippen LogP contribution in [0.4, 0.5) is 0 Å². The summed E-state index contributed by atoms with van der Waals surface area (Å²) in [5, 5.41) is 9.54. The second-order valence-corrected chi connectivity index (χ2v) is 11.0. The van der Waals surface area contributed by atoms with Crippen LogP contribution < -0.4 is 0 Å². The molecule has 0 radical (unpaired) electrons. The largest absolute Gasteiger partial charge is 0.461 e. The molecule has 11 heteroatoms. The van der Waals surface area contributed by atoms with E-state index in [-0.39, 0.29) is 36.1 Å². The Hall–Kier alpha value is -2.73. The highest BCUT2D eigenvalue weighted by Crippen LogP contribution is 2.31. The first-order valence-electron chi connectivity index (χ1n) is 11.3. The van der Waals surface area contributed by atoms with Gasteiger partial charge in [-0.3, -0.25) is 4.18 Å². The third-order valence-electron chi connectivity index (χ3n) is 4.82. The molecule has 2 aromatic carbocycles. The Morgan fingerprint density at radius 1 is 1.00 bits per heavy atom. The van der Waals surface area contributed by atoms with Gasteiger partial charge in [0.1, 0.15) is 25.6 Å². The topological polar surface area (TPSA) is 133 Å². The first-order valence-corrected chi connectivity index (χ1v) is 14.0. The second kappa shape index (κ2) is 15.4. The van der Waals surface area contributed by atoms with Gasteiger partial charge < -0.3 is 19.4 Å². The van der Waals surface area contributed by atoms with Crippen LogP contribution in [0, 0.1) is 0 Å². The molecule has 1 N–H and O–H groups in total. The Balaban J connectivity index is 0.000000259. The second-order valence-electron chi connectivity index (χ2n) is 7.89. The van der Waals surface area contributed by atoms with Crippen molar-refractivity contribution in [3.8, 4) is 0 Å². The van der Waals surface area contributed by atoms with Gasteiger partial charge in [-0.15, -0.1) is 11.8 Å². The van der Waals surface area contributed by atoms with Crippen LogP contribution in [-0.2, 0) is 28.6 Å². The molecule has 0 saturated carbocycles. The maximum absolute atomic E-state index is 11.7. The fraction of sp³-hybridized carbons (Fsp3) is 0.400. The number of esters is 2. The van der Waals surface area contributed by atoms with E-state index in [2.05, 4.69) is 0 Å². The average molecular weight is 539 g/mol. The molecule has 1 heterocycles. The zero-order chi connectivity index (χ0) is 26.4. The minimum atomic E-state index is -3.67. The summed E-state index contributed by atoms with van der Waals surface area (Å²) in [5.41, 5.74) is 0.646. The monoisotopic (exact) mass is 538 g/mol. The molecule has 1 saturated heterocycles. The summed E-state index contributed by atoms with van der Waals surface area (Å²) >= 11 is 1.48. The zero-order valence-electron chi connectivity index (χ0n) is 19.9. The summed E-state index contributed by atoms with van der Waals surface area (Å²) in [6.07, 6.45) is 2.69. The van der Waals surface area contributed by atoms with E-state index in [1.54, 1.807) is 42.5 Å². The van der Waals surface area contributed by atoms with Gasteiger partial charge in [0, 0.05) is 11.7 Å². The van der Waals surface area contributed by atoms with Gasteiger partial charge in [0.2, 0.25) is 0 Å². The number of carbonyl (C=O) groups excluding carboxylic acids is 3. The van der Waals surface area contributed by atoms with Crippen LogP contribution in [0.3, 0.4) is 0 Å². The summed E-state index contributed by atoms with van der Waals surface area (Å²) in [6, 6.07) is 17.3. The minimum absolute atomic E-state index is 0.128. The fourth-order valence-electron chi connectivity index (χ4n) is 3.12. The average Bonchev–Trinajstić information content (AvgIpc) is 3.29. The van der Waals surface area contributed by atoms with Crippen LogP contribution in [0.1, 0.15) is 46.4 Å². The maximum atomic E-state index is 11.7. The highest BCUT2D eigenvalue weighted by atomic mass is 32.2. The molecule has 2 aromatic rings. The molecule has 196 valence electrons. The van der Waals surface area contributed by atoms with Gasteiger partial charge in [-0.25, -0.2) is 9.59 Å². The molecule has 1 unspecified atom stereocenters. The molecule has 0 bridgehead atoms. The molecule has 0 aliphatic carbocycles. The summed E-state index contributed by atoms with van der Waals surface area (Å²) in [6.45, 7) is 0.157. The quantitative estimate of drug-likeness (QED) is 0.258. The number of rotatable bonds is 11. The van der Waals surface area contributed by atoms with Gasteiger partial charge in [0.15, 0.2) is 0 Å². The minimum Gasteiger partial charge on any atom is -0.461 e. The molecule has 36 heavy (non-hydrogen) atoms. The Labute approximate surface area is 215 Å². The Morgan fingerprint density at radius 2 is 1.56 bits per heavy atom. The van der Waals surface area contributed by atoms with Gasteiger partial charge in [0.05, 0.1) is 22.8 Å². The third kappa shape index (κ3) is 11.8. The molecule has 3 atom stereocenters. The summed E-state index contributed by atoms with van der Waals surface area (Å²) in [5.74, 6) is -0.860. The molecule has 1 fully saturated rings. The van der Waals surface area contributed by atoms with Crippen LogP contribution in [-0.4, -0.2) is 68.0 Å². The standard InChI is InChI=1S/C13H16O6S.C12H14O3S/c1-20(16,17)19-12(8-5-9-14)10-18-13(15)11-6-3-2-4-7-11;13-11-7-6-10(16-11)8-15-12(14)9-4-2-1-3-5-9/h2-4,6-7,9,12H,5,8,10H2,1H3;1-5,10-11,13H,6-8H2/t12-;10-,11?/m01/s1. The zero-order valence-corrected chi connectivity index (χ0v) is 21.5. The molecule has 0 aromatic heterocycles. The van der Waals surface area contributed by atoms with Crippen LogP contribution in [0.2, 0.25) is 0 Å². The van der Waals surface area contributed by atoms with Crippen molar-refractivity contribution in [2.24, 2.45) is 0 Å². The van der Waals surface area contributed by atoms with E-state index in [1.165, 1.54) is 11.8 Å². The van der Waals surface area contributed by atoms with Crippen molar-refractivity contribution >= 4 is 40.1 Å². The van der Waals surface area contributed by atoms with Crippen LogP contribution in [0.15, 0.2) is 60.7 Å². The number of aldehydes is 1. The maximum Gasteiger partial charge on any atom is 0.338 e. The Kier molecular flexibility index (Phi) is 12.6. The number of aliphatic hydroxyl groups is 1. The highest BCUT2D eigenvalue weighted by molar-refractivity contribution is 8.00. The molecule has 0 spiro atoms. The predicted octanol–water partition coefficient (Wildman–Crippen LogP) is 3.22. The fourth-order valence-corrected chi connectivity index (χ4v) is 4.90. The molecule has 1 aliphatic heterocycles. The van der Waals surface area contributed by atoms with Crippen molar-refractivity contribution in [2.45, 2.75) is 42.5 Å². The SMILES string of the molecule is CS(=O)(=O)O[C@@H](CCC=O)COC(=O)c1ccccc1.O=C(OC[C@H]1CCC(O)S1)c1ccccc1. The van der Waals surface area contributed by atoms with E-state index < -0.39 is 22.2 Å². The summed E-state index contributed by atoms with van der Waals surface area (Å²) < 4.78 is 37.1. The van der Waals surface area contributed by atoms with Crippen molar-refractivity contribution in [3.05, 3.63) is 71.8 Å². The van der Waals surface area contributed by atoms with Crippen LogP contribution in [0.5, 0.6) is 0 Å². The number of carbonyl (C=O) groups is 3. The Morgan fingerprint density at radius 3 is 2.03 bits per heavy atom. The lowest BCUT2D eigenvalue weighted by atomic mass is 10.2. The molecule has 1 aliphatic rings. The predicted molar refractivity (Wildman–Crippen MR) is 135 cm³/mol. The summed E-state index contributed by atoms with van der Waals surface area (Å²) in [4.78, 5) is 33.6. The van der Waals surface area contributed by atoms with Crippen molar-refractivity contribution < 1.29 is 41.6 Å². The molecular weight excluding hydrogens is 508 g/mol. The van der Waals surface area contributed by atoms with E-state index >= 15 is 0 Å². The molecule has 0 amide bonds. The van der Waals surface area contributed by atoms with E-state index in [0.29, 0.717) is 24.0 Å². The van der Waals surface area contributed by atoms with E-state index in [9.17, 15) is 27.9 Å². The lowest BCUT2D eigenvalue weighted by molar-refractivity contribution is -0.108. The van der Waals surface area contributed by atoms with Gasteiger partial charge in [0.25, 0.3) is 10.1 Å². The van der Waals surface area contributed by atoms with Gasteiger partial charge in [-0.2, -0.15) is 8.42 Å². The van der Waals surface area contributed by atoms with Crippen molar-refractivity contribution in [1.29, 1.82) is 0 Å². The smallest absolute Gasteiger partial charge is 0.338 e. The first-order chi connectivity index (χ1) is 17.2. The number of aliphatic hydroxyl groups excluding tert-OH is 1. The number of hydrogen-bond acceptors (Lipinski definition) is 10. The first kappa shape index (κ1) is 29.5.